The van der Waals surface area contributed by atoms with E-state index in [0.717, 1.165) is 13.8 Å². The van der Waals surface area contributed by atoms with Gasteiger partial charge < -0.3 is 87.2 Å². The molecule has 0 fully saturated rings. The SMILES string of the molecule is C.C.C.C.CC(=O)O.CC(=O)O.CN.CN=C(N)N.CN=C(N)N.COC(=O)c1ccc(N=C(N)N)cc1.COC(C)=O.Cl.Cl.NC(N)=Nc1ccc(C(=O)O)cc1.Nc1ccc(C(=O)O)cc1.[B][B]. The van der Waals surface area contributed by atoms with Crippen molar-refractivity contribution in [1.82, 2.24) is 0 Å². The zero-order chi connectivity index (χ0) is 52.0. The van der Waals surface area contributed by atoms with Crippen LogP contribution in [-0.2, 0) is 23.9 Å². The Morgan fingerprint density at radius 3 is 0.829 bits per heavy atom. The number of carbonyl (C=O) groups is 6. The van der Waals surface area contributed by atoms with Gasteiger partial charge in [0.05, 0.1) is 42.3 Å². The third-order valence-electron chi connectivity index (χ3n) is 4.88. The lowest BCUT2D eigenvalue weighted by Gasteiger charge is -1.99. The fourth-order valence-corrected chi connectivity index (χ4v) is 2.39. The molecule has 0 heterocycles. The lowest BCUT2D eigenvalue weighted by Crippen LogP contribution is -2.21. The quantitative estimate of drug-likeness (QED) is 0.0571. The van der Waals surface area contributed by atoms with E-state index in [1.807, 2.05) is 0 Å². The van der Waals surface area contributed by atoms with Crippen molar-refractivity contribution < 1.29 is 58.7 Å². The Balaban J connectivity index is -0.0000000492. The Morgan fingerprint density at radius 1 is 0.471 bits per heavy atom. The number of carboxylic acid groups (broad SMARTS) is 4. The molecule has 3 rings (SSSR count). The summed E-state index contributed by atoms with van der Waals surface area (Å²) in [5, 5.41) is 31.8. The fourth-order valence-electron chi connectivity index (χ4n) is 2.39. The van der Waals surface area contributed by atoms with Crippen LogP contribution in [0.2, 0.25) is 0 Å². The Bertz CT molecular complexity index is 1830. The third kappa shape index (κ3) is 83.6. The molecular formula is C40H78B2Cl2N14O12. The summed E-state index contributed by atoms with van der Waals surface area (Å²) in [6, 6.07) is 18.4. The number of hydrogen-bond donors (Lipinski definition) is 14. The Labute approximate surface area is 427 Å². The van der Waals surface area contributed by atoms with Crippen molar-refractivity contribution in [3.63, 3.8) is 0 Å². The Morgan fingerprint density at radius 2 is 0.671 bits per heavy atom. The van der Waals surface area contributed by atoms with Crippen LogP contribution < -0.4 is 57.3 Å². The molecule has 70 heavy (non-hydrogen) atoms. The predicted octanol–water partition coefficient (Wildman–Crippen LogP) is 1.98. The minimum absolute atomic E-state index is 0. The van der Waals surface area contributed by atoms with E-state index in [2.05, 4.69) is 50.7 Å². The van der Waals surface area contributed by atoms with Crippen LogP contribution in [0.4, 0.5) is 17.1 Å². The molecule has 0 amide bonds. The number of halogens is 2. The molecule has 0 bridgehead atoms. The second-order valence-corrected chi connectivity index (χ2v) is 9.92. The number of nitrogen functional groups attached to an aromatic ring is 1. The van der Waals surface area contributed by atoms with Gasteiger partial charge in [0.1, 0.15) is 0 Å². The molecule has 0 unspecified atom stereocenters. The smallest absolute Gasteiger partial charge is 0.337 e. The standard InChI is InChI=1S/C9H11N3O2.C8H9N3O2.C7H7NO2.C3H6O2.2C2H7N3.2C2H4O2.CH5N.4CH4.B2.2ClH/c1-14-8(13)6-2-4-7(5-3-6)12-9(10)11;9-8(10)11-6-3-1-5(2-4-6)7(12)13;8-6-3-1-5(2-4-6)7(9)10;1-3(4)5-2;2*1-5-2(3)4;2*1-2(3)4;1-2;;;;;1-2;;/h2-5H,1H3,(H4,10,11,12);1-4H,(H,12,13)(H4,9,10,11);1-4H,8H2,(H,9,10);1-2H3;2*1H3,(H4,3,4,5);2*1H3,(H,3,4);2H2,1H3;4*1H4;;2*1H. The summed E-state index contributed by atoms with van der Waals surface area (Å²) in [5.41, 5.74) is 52.4. The van der Waals surface area contributed by atoms with Gasteiger partial charge in [0, 0.05) is 56.0 Å². The summed E-state index contributed by atoms with van der Waals surface area (Å²) in [7, 11) is 15.2. The number of aliphatic carboxylic acids is 2. The second-order valence-electron chi connectivity index (χ2n) is 9.92. The van der Waals surface area contributed by atoms with Crippen LogP contribution in [-0.4, -0.2) is 131 Å². The van der Waals surface area contributed by atoms with Crippen LogP contribution in [0.15, 0.2) is 92.8 Å². The van der Waals surface area contributed by atoms with Crippen LogP contribution in [0.1, 0.15) is 81.6 Å². The third-order valence-corrected chi connectivity index (χ3v) is 4.88. The molecule has 0 spiro atoms. The lowest BCUT2D eigenvalue weighted by atomic mass is 9.81. The van der Waals surface area contributed by atoms with Gasteiger partial charge in [-0.3, -0.25) is 24.4 Å². The summed E-state index contributed by atoms with van der Waals surface area (Å²) in [4.78, 5) is 73.6. The van der Waals surface area contributed by atoms with E-state index in [1.165, 1.54) is 78.7 Å². The molecule has 0 atom stereocenters. The number of nitrogens with zero attached hydrogens (tertiary/aromatic N) is 4. The van der Waals surface area contributed by atoms with E-state index in [-0.39, 0.29) is 101 Å². The van der Waals surface area contributed by atoms with Crippen molar-refractivity contribution in [3.05, 3.63) is 89.5 Å². The zero-order valence-corrected chi connectivity index (χ0v) is 39.1. The molecule has 3 aromatic carbocycles. The van der Waals surface area contributed by atoms with Crippen molar-refractivity contribution in [2.75, 3.05) is 41.1 Å². The number of nitrogens with two attached hydrogens (primary N) is 10. The number of benzene rings is 3. The van der Waals surface area contributed by atoms with Crippen molar-refractivity contribution in [1.29, 1.82) is 0 Å². The first kappa shape index (κ1) is 96.1. The number of carboxylic acids is 4. The molecular weight excluding hydrogens is 961 g/mol. The number of methoxy groups -OCH3 is 2. The molecule has 30 heteroatoms. The predicted molar refractivity (Wildman–Crippen MR) is 291 cm³/mol. The number of ether oxygens (including phenoxy) is 2. The largest absolute Gasteiger partial charge is 0.481 e. The first-order chi connectivity index (χ1) is 29.7. The van der Waals surface area contributed by atoms with Crippen molar-refractivity contribution in [2.24, 2.45) is 71.6 Å². The molecule has 26 nitrogen and oxygen atoms in total. The van der Waals surface area contributed by atoms with Crippen LogP contribution in [0.5, 0.6) is 0 Å². The number of carbonyl (C=O) groups excluding carboxylic acids is 2. The van der Waals surface area contributed by atoms with Gasteiger partial charge in [0.2, 0.25) is 0 Å². The molecule has 0 aromatic heterocycles. The maximum Gasteiger partial charge on any atom is 0.337 e. The Kier molecular flexibility index (Phi) is 89.7. The number of rotatable bonds is 5. The fraction of sp³-hybridized carbons (Fsp3) is 0.300. The van der Waals surface area contributed by atoms with Gasteiger partial charge in [-0.25, -0.2) is 24.4 Å². The van der Waals surface area contributed by atoms with Crippen LogP contribution in [0.3, 0.4) is 0 Å². The highest BCUT2D eigenvalue weighted by molar-refractivity contribution is 6.75. The maximum atomic E-state index is 11.0. The number of hydrogen-bond acceptors (Lipinski definition) is 14. The number of aromatic carboxylic acids is 2. The van der Waals surface area contributed by atoms with Crippen molar-refractivity contribution in [2.45, 2.75) is 50.5 Å². The lowest BCUT2D eigenvalue weighted by molar-refractivity contribution is -0.138. The minimum atomic E-state index is -0.976. The van der Waals surface area contributed by atoms with E-state index in [0.29, 0.717) is 22.6 Å². The molecule has 0 saturated carbocycles. The second kappa shape index (κ2) is 65.3. The van der Waals surface area contributed by atoms with E-state index in [1.54, 1.807) is 36.4 Å². The molecule has 24 N–H and O–H groups in total. The molecule has 0 saturated heterocycles. The van der Waals surface area contributed by atoms with Gasteiger partial charge in [0.15, 0.2) is 23.8 Å². The van der Waals surface area contributed by atoms with Gasteiger partial charge in [-0.05, 0) is 79.8 Å². The molecule has 0 aliphatic heterocycles. The highest BCUT2D eigenvalue weighted by Gasteiger charge is 2.04. The number of esters is 2. The van der Waals surface area contributed by atoms with E-state index >= 15 is 0 Å². The highest BCUT2D eigenvalue weighted by atomic mass is 35.5. The monoisotopic (exact) mass is 1040 g/mol. The van der Waals surface area contributed by atoms with Crippen molar-refractivity contribution >= 4 is 117 Å². The van der Waals surface area contributed by atoms with Crippen LogP contribution >= 0.6 is 24.8 Å². The highest BCUT2D eigenvalue weighted by Crippen LogP contribution is 2.13. The topological polar surface area (TPSA) is 511 Å². The van der Waals surface area contributed by atoms with Gasteiger partial charge >= 0.3 is 23.9 Å². The van der Waals surface area contributed by atoms with E-state index in [9.17, 15) is 19.2 Å². The number of anilines is 1. The van der Waals surface area contributed by atoms with E-state index in [4.69, 9.17) is 81.6 Å². The van der Waals surface area contributed by atoms with Gasteiger partial charge in [-0.15, -0.1) is 24.8 Å². The Hall–Kier alpha value is -7.97. The molecule has 3 aromatic rings. The average Bonchev–Trinajstić information content (AvgIpc) is 3.23. The molecule has 4 radical (unpaired) electrons. The molecule has 400 valence electrons. The summed E-state index contributed by atoms with van der Waals surface area (Å²) in [5.74, 6) is -4.02. The van der Waals surface area contributed by atoms with Crippen molar-refractivity contribution in [3.8, 4) is 0 Å². The summed E-state index contributed by atoms with van der Waals surface area (Å²) < 4.78 is 8.64. The zero-order valence-electron chi connectivity index (χ0n) is 37.5. The van der Waals surface area contributed by atoms with E-state index < -0.39 is 23.9 Å². The van der Waals surface area contributed by atoms with Crippen LogP contribution in [0.25, 0.3) is 0 Å². The summed E-state index contributed by atoms with van der Waals surface area (Å²) >= 11 is 0. The first-order valence-electron chi connectivity index (χ1n) is 16.8. The van der Waals surface area contributed by atoms with Gasteiger partial charge in [-0.1, -0.05) is 29.7 Å². The minimum Gasteiger partial charge on any atom is -0.481 e. The van der Waals surface area contributed by atoms with Crippen LogP contribution in [0, 0.1) is 0 Å². The maximum absolute atomic E-state index is 11.0. The summed E-state index contributed by atoms with van der Waals surface area (Å²) in [6.07, 6.45) is 0. The van der Waals surface area contributed by atoms with Gasteiger partial charge in [-0.2, -0.15) is 0 Å². The number of guanidine groups is 4. The number of aliphatic imine (C=N–C) groups is 4. The molecule has 0 aliphatic carbocycles. The first-order valence-corrected chi connectivity index (χ1v) is 16.8. The van der Waals surface area contributed by atoms with Gasteiger partial charge in [0.25, 0.3) is 11.9 Å². The average molecular weight is 1040 g/mol. The summed E-state index contributed by atoms with van der Waals surface area (Å²) in [6.45, 7) is 3.53. The molecule has 0 aliphatic rings. The normalized spacial score (nSPS) is 7.16.